The summed E-state index contributed by atoms with van der Waals surface area (Å²) in [4.78, 5) is 4.66. The molecule has 1 aromatic rings. The zero-order valence-corrected chi connectivity index (χ0v) is 9.21. The molecule has 3 rings (SSSR count). The standard InChI is InChI=1S/C11H18N4/c1-11(4-5-11)10-13-9(14-15-10)8-3-2-6-12-7-8/h8,12H,2-7H2,1H3,(H,13,14,15). The van der Waals surface area contributed by atoms with Crippen molar-refractivity contribution in [1.29, 1.82) is 0 Å². The molecule has 1 aromatic heterocycles. The van der Waals surface area contributed by atoms with Crippen LogP contribution in [0.2, 0.25) is 0 Å². The number of rotatable bonds is 2. The van der Waals surface area contributed by atoms with Crippen molar-refractivity contribution < 1.29 is 0 Å². The van der Waals surface area contributed by atoms with Crippen LogP contribution < -0.4 is 5.32 Å². The van der Waals surface area contributed by atoms with Gasteiger partial charge < -0.3 is 5.32 Å². The van der Waals surface area contributed by atoms with Crippen molar-refractivity contribution in [2.75, 3.05) is 13.1 Å². The number of aromatic nitrogens is 3. The van der Waals surface area contributed by atoms with E-state index in [4.69, 9.17) is 0 Å². The maximum absolute atomic E-state index is 4.66. The number of H-pyrrole nitrogens is 1. The van der Waals surface area contributed by atoms with Crippen molar-refractivity contribution in [1.82, 2.24) is 20.5 Å². The van der Waals surface area contributed by atoms with E-state index < -0.39 is 0 Å². The highest BCUT2D eigenvalue weighted by molar-refractivity contribution is 5.16. The van der Waals surface area contributed by atoms with Crippen LogP contribution in [0.15, 0.2) is 0 Å². The fraction of sp³-hybridized carbons (Fsp3) is 0.818. The van der Waals surface area contributed by atoms with E-state index in [0.717, 1.165) is 24.7 Å². The molecule has 4 heteroatoms. The number of hydrogen-bond donors (Lipinski definition) is 2. The molecule has 2 aliphatic rings. The number of aromatic amines is 1. The summed E-state index contributed by atoms with van der Waals surface area (Å²) in [7, 11) is 0. The zero-order chi connectivity index (χ0) is 10.3. The molecule has 0 bridgehead atoms. The highest BCUT2D eigenvalue weighted by Gasteiger charge is 2.43. The average Bonchev–Trinajstić information content (AvgIpc) is 2.85. The van der Waals surface area contributed by atoms with Crippen molar-refractivity contribution >= 4 is 0 Å². The largest absolute Gasteiger partial charge is 0.316 e. The van der Waals surface area contributed by atoms with Crippen molar-refractivity contribution in [3.05, 3.63) is 11.6 Å². The Balaban J connectivity index is 1.77. The SMILES string of the molecule is CC1(c2n[nH]c(C3CCCNC3)n2)CC1. The van der Waals surface area contributed by atoms with Crippen LogP contribution in [0, 0.1) is 0 Å². The van der Waals surface area contributed by atoms with Crippen LogP contribution in [0.1, 0.15) is 50.2 Å². The molecule has 0 amide bonds. The Kier molecular flexibility index (Phi) is 2.06. The first-order valence-electron chi connectivity index (χ1n) is 5.91. The predicted molar refractivity (Wildman–Crippen MR) is 57.8 cm³/mol. The summed E-state index contributed by atoms with van der Waals surface area (Å²) >= 11 is 0. The molecule has 4 nitrogen and oxygen atoms in total. The molecule has 82 valence electrons. The molecule has 0 radical (unpaired) electrons. The van der Waals surface area contributed by atoms with Crippen LogP contribution >= 0.6 is 0 Å². The van der Waals surface area contributed by atoms with Crippen molar-refractivity contribution in [3.63, 3.8) is 0 Å². The molecular weight excluding hydrogens is 188 g/mol. The first kappa shape index (κ1) is 9.33. The minimum Gasteiger partial charge on any atom is -0.316 e. The molecule has 1 saturated carbocycles. The van der Waals surface area contributed by atoms with E-state index in [-0.39, 0.29) is 5.41 Å². The second-order valence-electron chi connectivity index (χ2n) is 5.15. The van der Waals surface area contributed by atoms with Crippen LogP contribution in [0.25, 0.3) is 0 Å². The maximum Gasteiger partial charge on any atom is 0.156 e. The highest BCUT2D eigenvalue weighted by atomic mass is 15.2. The van der Waals surface area contributed by atoms with Crippen molar-refractivity contribution in [3.8, 4) is 0 Å². The van der Waals surface area contributed by atoms with Crippen LogP contribution in [-0.2, 0) is 5.41 Å². The molecule has 2 N–H and O–H groups in total. The Morgan fingerprint density at radius 1 is 1.40 bits per heavy atom. The average molecular weight is 206 g/mol. The van der Waals surface area contributed by atoms with Gasteiger partial charge in [-0.1, -0.05) is 6.92 Å². The lowest BCUT2D eigenvalue weighted by Crippen LogP contribution is -2.29. The van der Waals surface area contributed by atoms with Crippen molar-refractivity contribution in [2.45, 2.75) is 43.9 Å². The van der Waals surface area contributed by atoms with Crippen LogP contribution in [0.3, 0.4) is 0 Å². The molecule has 2 heterocycles. The van der Waals surface area contributed by atoms with E-state index in [1.165, 1.54) is 25.7 Å². The monoisotopic (exact) mass is 206 g/mol. The summed E-state index contributed by atoms with van der Waals surface area (Å²) in [5, 5.41) is 10.9. The van der Waals surface area contributed by atoms with E-state index in [0.29, 0.717) is 5.92 Å². The third kappa shape index (κ3) is 1.67. The van der Waals surface area contributed by atoms with Gasteiger partial charge in [0.2, 0.25) is 0 Å². The van der Waals surface area contributed by atoms with Gasteiger partial charge in [-0.15, -0.1) is 0 Å². The topological polar surface area (TPSA) is 53.6 Å². The summed E-state index contributed by atoms with van der Waals surface area (Å²) in [6.45, 7) is 4.44. The van der Waals surface area contributed by atoms with E-state index in [2.05, 4.69) is 27.4 Å². The van der Waals surface area contributed by atoms with Gasteiger partial charge in [0, 0.05) is 17.9 Å². The molecular formula is C11H18N4. The minimum absolute atomic E-state index is 0.289. The lowest BCUT2D eigenvalue weighted by molar-refractivity contribution is 0.447. The lowest BCUT2D eigenvalue weighted by atomic mass is 9.99. The molecule has 1 aliphatic carbocycles. The maximum atomic E-state index is 4.66. The van der Waals surface area contributed by atoms with Gasteiger partial charge in [-0.25, -0.2) is 4.98 Å². The Morgan fingerprint density at radius 3 is 2.93 bits per heavy atom. The number of nitrogens with one attached hydrogen (secondary N) is 2. The summed E-state index contributed by atoms with van der Waals surface area (Å²) in [6.07, 6.45) is 4.97. The van der Waals surface area contributed by atoms with Gasteiger partial charge >= 0.3 is 0 Å². The highest BCUT2D eigenvalue weighted by Crippen LogP contribution is 2.46. The minimum atomic E-state index is 0.289. The van der Waals surface area contributed by atoms with E-state index >= 15 is 0 Å². The Labute approximate surface area is 89.9 Å². The normalized spacial score (nSPS) is 29.0. The molecule has 2 fully saturated rings. The van der Waals surface area contributed by atoms with Gasteiger partial charge in [-0.05, 0) is 32.2 Å². The van der Waals surface area contributed by atoms with Gasteiger partial charge in [0.15, 0.2) is 5.82 Å². The van der Waals surface area contributed by atoms with Crippen LogP contribution in [-0.4, -0.2) is 28.3 Å². The second kappa shape index (κ2) is 3.30. The van der Waals surface area contributed by atoms with Crippen LogP contribution in [0.5, 0.6) is 0 Å². The second-order valence-corrected chi connectivity index (χ2v) is 5.15. The number of hydrogen-bond acceptors (Lipinski definition) is 3. The summed E-state index contributed by atoms with van der Waals surface area (Å²) < 4.78 is 0. The number of piperidine rings is 1. The van der Waals surface area contributed by atoms with Crippen LogP contribution in [0.4, 0.5) is 0 Å². The molecule has 0 spiro atoms. The van der Waals surface area contributed by atoms with Gasteiger partial charge in [-0.2, -0.15) is 5.10 Å². The van der Waals surface area contributed by atoms with Gasteiger partial charge in [0.25, 0.3) is 0 Å². The van der Waals surface area contributed by atoms with Gasteiger partial charge in [-0.3, -0.25) is 5.10 Å². The number of nitrogens with zero attached hydrogens (tertiary/aromatic N) is 2. The third-order valence-corrected chi connectivity index (χ3v) is 3.73. The molecule has 1 aliphatic heterocycles. The zero-order valence-electron chi connectivity index (χ0n) is 9.21. The van der Waals surface area contributed by atoms with Gasteiger partial charge in [0.1, 0.15) is 5.82 Å². The van der Waals surface area contributed by atoms with Gasteiger partial charge in [0.05, 0.1) is 0 Å². The first-order chi connectivity index (χ1) is 7.28. The van der Waals surface area contributed by atoms with E-state index in [1.807, 2.05) is 0 Å². The summed E-state index contributed by atoms with van der Waals surface area (Å²) in [6, 6.07) is 0. The smallest absolute Gasteiger partial charge is 0.156 e. The molecule has 1 saturated heterocycles. The van der Waals surface area contributed by atoms with E-state index in [1.54, 1.807) is 0 Å². The Bertz CT molecular complexity index is 347. The third-order valence-electron chi connectivity index (χ3n) is 3.73. The van der Waals surface area contributed by atoms with Crippen molar-refractivity contribution in [2.24, 2.45) is 0 Å². The fourth-order valence-electron chi connectivity index (χ4n) is 2.22. The quantitative estimate of drug-likeness (QED) is 0.767. The fourth-order valence-corrected chi connectivity index (χ4v) is 2.22. The lowest BCUT2D eigenvalue weighted by Gasteiger charge is -2.20. The Hall–Kier alpha value is -0.900. The van der Waals surface area contributed by atoms with E-state index in [9.17, 15) is 0 Å². The molecule has 0 aromatic carbocycles. The first-order valence-corrected chi connectivity index (χ1v) is 5.91. The summed E-state index contributed by atoms with van der Waals surface area (Å²) in [5.41, 5.74) is 0.289. The summed E-state index contributed by atoms with van der Waals surface area (Å²) in [5.74, 6) is 2.66. The molecule has 1 atom stereocenters. The molecule has 1 unspecified atom stereocenters. The predicted octanol–water partition coefficient (Wildman–Crippen LogP) is 1.32. The molecule has 15 heavy (non-hydrogen) atoms. The Morgan fingerprint density at radius 2 is 2.27 bits per heavy atom.